The molecule has 1 aliphatic heterocycles. The number of hydrogen-bond donors (Lipinski definition) is 1. The maximum absolute atomic E-state index is 12.5. The Hall–Kier alpha value is -2.67. The van der Waals surface area contributed by atoms with E-state index in [4.69, 9.17) is 9.26 Å². The molecule has 2 atom stereocenters. The van der Waals surface area contributed by atoms with Gasteiger partial charge in [-0.05, 0) is 19.1 Å². The number of rotatable bonds is 4. The molecule has 0 bridgehead atoms. The molecular formula is C17H18N4O3. The summed E-state index contributed by atoms with van der Waals surface area (Å²) in [6.45, 7) is 3.01. The molecule has 0 spiro atoms. The number of nitrogens with one attached hydrogen (secondary N) is 1. The molecule has 1 amide bonds. The molecule has 3 aromatic rings. The molecule has 7 nitrogen and oxygen atoms in total. The molecule has 0 saturated carbocycles. The number of aryl methyl sites for hydroxylation is 1. The van der Waals surface area contributed by atoms with E-state index in [1.54, 1.807) is 18.5 Å². The van der Waals surface area contributed by atoms with Crippen LogP contribution in [0, 0.1) is 12.8 Å². The molecule has 124 valence electrons. The lowest BCUT2D eigenvalue weighted by atomic mass is 9.98. The van der Waals surface area contributed by atoms with E-state index in [0.29, 0.717) is 25.2 Å². The molecule has 3 aromatic heterocycles. The van der Waals surface area contributed by atoms with Crippen LogP contribution in [0.15, 0.2) is 41.3 Å². The number of aromatic nitrogens is 3. The Kier molecular flexibility index (Phi) is 3.78. The molecule has 0 aromatic carbocycles. The van der Waals surface area contributed by atoms with Gasteiger partial charge in [0.25, 0.3) is 5.91 Å². The molecule has 7 heteroatoms. The van der Waals surface area contributed by atoms with Gasteiger partial charge in [-0.2, -0.15) is 0 Å². The number of nitrogens with zero attached hydrogens (tertiary/aromatic N) is 3. The number of imidazole rings is 1. The molecule has 0 radical (unpaired) electrons. The minimum Gasteiger partial charge on any atom is -0.379 e. The van der Waals surface area contributed by atoms with Crippen molar-refractivity contribution in [1.82, 2.24) is 19.9 Å². The van der Waals surface area contributed by atoms with Crippen LogP contribution >= 0.6 is 0 Å². The zero-order chi connectivity index (χ0) is 16.5. The van der Waals surface area contributed by atoms with E-state index in [0.717, 1.165) is 17.1 Å². The second-order valence-electron chi connectivity index (χ2n) is 6.13. The second-order valence-corrected chi connectivity index (χ2v) is 6.13. The minimum absolute atomic E-state index is 0.0404. The summed E-state index contributed by atoms with van der Waals surface area (Å²) in [5.41, 5.74) is 2.27. The van der Waals surface area contributed by atoms with Gasteiger partial charge in [-0.3, -0.25) is 4.79 Å². The molecular weight excluding hydrogens is 308 g/mol. The van der Waals surface area contributed by atoms with E-state index < -0.39 is 0 Å². The van der Waals surface area contributed by atoms with Crippen LogP contribution < -0.4 is 5.32 Å². The third-order valence-corrected chi connectivity index (χ3v) is 4.31. The maximum Gasteiger partial charge on any atom is 0.253 e. The van der Waals surface area contributed by atoms with Crippen molar-refractivity contribution in [2.45, 2.75) is 19.4 Å². The van der Waals surface area contributed by atoms with Gasteiger partial charge in [0.1, 0.15) is 11.4 Å². The van der Waals surface area contributed by atoms with Crippen LogP contribution in [0.3, 0.4) is 0 Å². The molecule has 1 N–H and O–H groups in total. The van der Waals surface area contributed by atoms with Crippen LogP contribution in [0.2, 0.25) is 0 Å². The Balaban J connectivity index is 1.45. The number of amides is 1. The lowest BCUT2D eigenvalue weighted by Crippen LogP contribution is -2.40. The summed E-state index contributed by atoms with van der Waals surface area (Å²) < 4.78 is 12.7. The Labute approximate surface area is 138 Å². The van der Waals surface area contributed by atoms with Crippen LogP contribution in [0.1, 0.15) is 21.8 Å². The highest BCUT2D eigenvalue weighted by atomic mass is 16.5. The van der Waals surface area contributed by atoms with Gasteiger partial charge < -0.3 is 19.0 Å². The van der Waals surface area contributed by atoms with Gasteiger partial charge in [0.2, 0.25) is 0 Å². The number of carbonyl (C=O) groups excluding carboxylic acids is 1. The van der Waals surface area contributed by atoms with E-state index in [1.165, 1.54) is 0 Å². The average molecular weight is 326 g/mol. The summed E-state index contributed by atoms with van der Waals surface area (Å²) in [6.07, 6.45) is 6.01. The van der Waals surface area contributed by atoms with Gasteiger partial charge in [-0.1, -0.05) is 5.16 Å². The van der Waals surface area contributed by atoms with Crippen molar-refractivity contribution in [1.29, 1.82) is 0 Å². The lowest BCUT2D eigenvalue weighted by Gasteiger charge is -2.18. The first-order valence-electron chi connectivity index (χ1n) is 7.92. The topological polar surface area (TPSA) is 81.7 Å². The second kappa shape index (κ2) is 6.09. The summed E-state index contributed by atoms with van der Waals surface area (Å²) in [4.78, 5) is 16.7. The van der Waals surface area contributed by atoms with Crippen LogP contribution in [0.4, 0.5) is 0 Å². The van der Waals surface area contributed by atoms with Crippen LogP contribution in [-0.4, -0.2) is 39.7 Å². The Morgan fingerprint density at radius 2 is 2.33 bits per heavy atom. The van der Waals surface area contributed by atoms with Crippen molar-refractivity contribution in [3.63, 3.8) is 0 Å². The van der Waals surface area contributed by atoms with Crippen molar-refractivity contribution in [3.8, 4) is 0 Å². The Morgan fingerprint density at radius 1 is 1.42 bits per heavy atom. The number of pyridine rings is 1. The number of carbonyl (C=O) groups is 1. The summed E-state index contributed by atoms with van der Waals surface area (Å²) in [7, 11) is 0. The van der Waals surface area contributed by atoms with E-state index in [1.807, 2.05) is 29.7 Å². The fourth-order valence-electron chi connectivity index (χ4n) is 3.04. The third-order valence-electron chi connectivity index (χ3n) is 4.31. The zero-order valence-electron chi connectivity index (χ0n) is 13.3. The minimum atomic E-state index is -0.111. The number of hydrogen-bond acceptors (Lipinski definition) is 5. The number of fused-ring (bicyclic) bond motifs is 1. The monoisotopic (exact) mass is 326 g/mol. The van der Waals surface area contributed by atoms with Gasteiger partial charge in [-0.15, -0.1) is 0 Å². The standard InChI is InChI=1S/C17H18N4O3/c1-11-6-14(24-20-11)7-13-9-23-10-15(13)19-17(22)12-2-3-16-18-4-5-21(16)8-12/h2-6,8,13,15H,7,9-10H2,1H3,(H,19,22). The first kappa shape index (κ1) is 14.9. The summed E-state index contributed by atoms with van der Waals surface area (Å²) in [6, 6.07) is 5.49. The summed E-state index contributed by atoms with van der Waals surface area (Å²) in [5.74, 6) is 0.889. The molecule has 1 aliphatic rings. The number of ether oxygens (including phenoxy) is 1. The molecule has 1 saturated heterocycles. The first-order valence-corrected chi connectivity index (χ1v) is 7.92. The normalized spacial score (nSPS) is 20.5. The van der Waals surface area contributed by atoms with E-state index in [2.05, 4.69) is 15.5 Å². The van der Waals surface area contributed by atoms with Crippen molar-refractivity contribution >= 4 is 11.6 Å². The molecule has 4 rings (SSSR count). The maximum atomic E-state index is 12.5. The van der Waals surface area contributed by atoms with Crippen molar-refractivity contribution in [2.24, 2.45) is 5.92 Å². The first-order chi connectivity index (χ1) is 11.7. The molecule has 1 fully saturated rings. The van der Waals surface area contributed by atoms with Gasteiger partial charge >= 0.3 is 0 Å². The van der Waals surface area contributed by atoms with Crippen molar-refractivity contribution in [2.75, 3.05) is 13.2 Å². The largest absolute Gasteiger partial charge is 0.379 e. The quantitative estimate of drug-likeness (QED) is 0.788. The highest BCUT2D eigenvalue weighted by Crippen LogP contribution is 2.20. The van der Waals surface area contributed by atoms with E-state index in [9.17, 15) is 4.79 Å². The Morgan fingerprint density at radius 3 is 3.17 bits per heavy atom. The summed E-state index contributed by atoms with van der Waals surface area (Å²) >= 11 is 0. The van der Waals surface area contributed by atoms with Gasteiger partial charge in [0.05, 0.1) is 30.5 Å². The SMILES string of the molecule is Cc1cc(CC2COCC2NC(=O)c2ccc3nccn3c2)on1. The van der Waals surface area contributed by atoms with Crippen molar-refractivity contribution in [3.05, 3.63) is 53.8 Å². The van der Waals surface area contributed by atoms with Gasteiger partial charge in [-0.25, -0.2) is 4.98 Å². The van der Waals surface area contributed by atoms with Gasteiger partial charge in [0.15, 0.2) is 0 Å². The van der Waals surface area contributed by atoms with Crippen molar-refractivity contribution < 1.29 is 14.1 Å². The fourth-order valence-corrected chi connectivity index (χ4v) is 3.04. The molecule has 24 heavy (non-hydrogen) atoms. The highest BCUT2D eigenvalue weighted by Gasteiger charge is 2.31. The van der Waals surface area contributed by atoms with Gasteiger partial charge in [0, 0.05) is 37.0 Å². The molecule has 2 unspecified atom stereocenters. The molecule has 4 heterocycles. The Bertz CT molecular complexity index is 869. The van der Waals surface area contributed by atoms with Crippen LogP contribution in [0.5, 0.6) is 0 Å². The zero-order valence-corrected chi connectivity index (χ0v) is 13.3. The average Bonchev–Trinajstić information content (AvgIpc) is 3.29. The predicted molar refractivity (Wildman–Crippen MR) is 85.7 cm³/mol. The third kappa shape index (κ3) is 2.90. The fraction of sp³-hybridized carbons (Fsp3) is 0.353. The predicted octanol–water partition coefficient (Wildman–Crippen LogP) is 1.62. The van der Waals surface area contributed by atoms with E-state index in [-0.39, 0.29) is 17.9 Å². The highest BCUT2D eigenvalue weighted by molar-refractivity contribution is 5.94. The summed E-state index contributed by atoms with van der Waals surface area (Å²) in [5, 5.41) is 6.97. The lowest BCUT2D eigenvalue weighted by molar-refractivity contribution is 0.0924. The molecule has 0 aliphatic carbocycles. The van der Waals surface area contributed by atoms with E-state index >= 15 is 0 Å². The smallest absolute Gasteiger partial charge is 0.253 e. The van der Waals surface area contributed by atoms with Crippen LogP contribution in [-0.2, 0) is 11.2 Å². The van der Waals surface area contributed by atoms with Crippen LogP contribution in [0.25, 0.3) is 5.65 Å².